The lowest BCUT2D eigenvalue weighted by Crippen LogP contribution is -2.30. The molecule has 0 bridgehead atoms. The van der Waals surface area contributed by atoms with Gasteiger partial charge in [0.25, 0.3) is 0 Å². The van der Waals surface area contributed by atoms with E-state index in [0.29, 0.717) is 6.79 Å². The Labute approximate surface area is 90.4 Å². The van der Waals surface area contributed by atoms with Crippen molar-refractivity contribution in [1.82, 2.24) is 0 Å². The van der Waals surface area contributed by atoms with Crippen LogP contribution in [0.3, 0.4) is 0 Å². The molecular formula is C12H17NO2. The Morgan fingerprint density at radius 2 is 2.13 bits per heavy atom. The van der Waals surface area contributed by atoms with Gasteiger partial charge in [-0.05, 0) is 25.5 Å². The van der Waals surface area contributed by atoms with Crippen molar-refractivity contribution >= 4 is 5.69 Å². The summed E-state index contributed by atoms with van der Waals surface area (Å²) in [4.78, 5) is 0. The number of hydrogen-bond donors (Lipinski definition) is 1. The van der Waals surface area contributed by atoms with E-state index in [-0.39, 0.29) is 6.10 Å². The van der Waals surface area contributed by atoms with Crippen LogP contribution in [0.5, 0.6) is 0 Å². The molecular weight excluding hydrogens is 190 g/mol. The fourth-order valence-corrected chi connectivity index (χ4v) is 1.57. The summed E-state index contributed by atoms with van der Waals surface area (Å²) < 4.78 is 10.6. The Kier molecular flexibility index (Phi) is 3.59. The Morgan fingerprint density at radius 3 is 2.80 bits per heavy atom. The topological polar surface area (TPSA) is 30.5 Å². The Bertz CT molecular complexity index is 291. The van der Waals surface area contributed by atoms with Gasteiger partial charge >= 0.3 is 0 Å². The third kappa shape index (κ3) is 3.22. The van der Waals surface area contributed by atoms with Crippen LogP contribution in [-0.2, 0) is 9.47 Å². The van der Waals surface area contributed by atoms with E-state index in [1.807, 2.05) is 0 Å². The highest BCUT2D eigenvalue weighted by atomic mass is 16.7. The number of anilines is 1. The van der Waals surface area contributed by atoms with E-state index >= 15 is 0 Å². The monoisotopic (exact) mass is 207 g/mol. The Balaban J connectivity index is 1.79. The summed E-state index contributed by atoms with van der Waals surface area (Å²) in [7, 11) is 0. The van der Waals surface area contributed by atoms with Crippen molar-refractivity contribution in [3.05, 3.63) is 29.8 Å². The van der Waals surface area contributed by atoms with Gasteiger partial charge in [-0.2, -0.15) is 0 Å². The van der Waals surface area contributed by atoms with Crippen LogP contribution in [0.15, 0.2) is 24.3 Å². The van der Waals surface area contributed by atoms with E-state index in [0.717, 1.165) is 25.3 Å². The van der Waals surface area contributed by atoms with E-state index < -0.39 is 0 Å². The highest BCUT2D eigenvalue weighted by Gasteiger charge is 2.13. The first-order valence-corrected chi connectivity index (χ1v) is 5.34. The minimum Gasteiger partial charge on any atom is -0.382 e. The second kappa shape index (κ2) is 5.14. The molecule has 1 atom stereocenters. The molecule has 1 saturated heterocycles. The maximum atomic E-state index is 5.44. The third-order valence-electron chi connectivity index (χ3n) is 2.56. The predicted octanol–water partition coefficient (Wildman–Crippen LogP) is 2.17. The summed E-state index contributed by atoms with van der Waals surface area (Å²) in [5.41, 5.74) is 2.43. The van der Waals surface area contributed by atoms with Gasteiger partial charge in [0.1, 0.15) is 6.79 Å². The smallest absolute Gasteiger partial charge is 0.147 e. The number of ether oxygens (including phenoxy) is 2. The predicted molar refractivity (Wildman–Crippen MR) is 60.0 cm³/mol. The molecule has 2 rings (SSSR count). The lowest BCUT2D eigenvalue weighted by molar-refractivity contribution is -0.133. The molecule has 0 aromatic heterocycles. The van der Waals surface area contributed by atoms with Gasteiger partial charge in [-0.15, -0.1) is 0 Å². The summed E-state index contributed by atoms with van der Waals surface area (Å²) in [6.45, 7) is 4.18. The number of aryl methyl sites for hydroxylation is 1. The van der Waals surface area contributed by atoms with Crippen molar-refractivity contribution in [3.8, 4) is 0 Å². The summed E-state index contributed by atoms with van der Waals surface area (Å²) in [5, 5.41) is 3.36. The van der Waals surface area contributed by atoms with E-state index in [1.54, 1.807) is 0 Å². The maximum Gasteiger partial charge on any atom is 0.147 e. The standard InChI is InChI=1S/C12H17NO2/c1-10-2-4-11(5-3-10)13-8-12-6-7-14-9-15-12/h2-5,12-13H,6-9H2,1H3. The molecule has 1 N–H and O–H groups in total. The van der Waals surface area contributed by atoms with E-state index in [4.69, 9.17) is 9.47 Å². The molecule has 3 heteroatoms. The van der Waals surface area contributed by atoms with Crippen LogP contribution in [0.25, 0.3) is 0 Å². The quantitative estimate of drug-likeness (QED) is 0.824. The van der Waals surface area contributed by atoms with Crippen molar-refractivity contribution in [2.24, 2.45) is 0 Å². The molecule has 0 spiro atoms. The zero-order valence-electron chi connectivity index (χ0n) is 9.03. The molecule has 1 aromatic carbocycles. The van der Waals surface area contributed by atoms with Gasteiger partial charge in [0.05, 0.1) is 12.7 Å². The second-order valence-corrected chi connectivity index (χ2v) is 3.85. The molecule has 0 aliphatic carbocycles. The lowest BCUT2D eigenvalue weighted by atomic mass is 10.2. The highest BCUT2D eigenvalue weighted by Crippen LogP contribution is 2.11. The molecule has 0 saturated carbocycles. The van der Waals surface area contributed by atoms with Crippen LogP contribution in [0.1, 0.15) is 12.0 Å². The zero-order chi connectivity index (χ0) is 10.5. The van der Waals surface area contributed by atoms with Crippen molar-refractivity contribution < 1.29 is 9.47 Å². The summed E-state index contributed by atoms with van der Waals surface area (Å²) in [5.74, 6) is 0. The Morgan fingerprint density at radius 1 is 1.33 bits per heavy atom. The van der Waals surface area contributed by atoms with Gasteiger partial charge < -0.3 is 14.8 Å². The van der Waals surface area contributed by atoms with Crippen molar-refractivity contribution in [2.45, 2.75) is 19.4 Å². The fraction of sp³-hybridized carbons (Fsp3) is 0.500. The Hall–Kier alpha value is -1.06. The van der Waals surface area contributed by atoms with Gasteiger partial charge in [-0.1, -0.05) is 17.7 Å². The van der Waals surface area contributed by atoms with Crippen LogP contribution >= 0.6 is 0 Å². The van der Waals surface area contributed by atoms with E-state index in [2.05, 4.69) is 36.5 Å². The number of rotatable bonds is 3. The van der Waals surface area contributed by atoms with Gasteiger partial charge in [0.15, 0.2) is 0 Å². The van der Waals surface area contributed by atoms with Gasteiger partial charge in [0.2, 0.25) is 0 Å². The molecule has 1 heterocycles. The normalized spacial score (nSPS) is 21.3. The molecule has 1 aliphatic rings. The van der Waals surface area contributed by atoms with Crippen molar-refractivity contribution in [3.63, 3.8) is 0 Å². The summed E-state index contributed by atoms with van der Waals surface area (Å²) in [6, 6.07) is 8.39. The molecule has 15 heavy (non-hydrogen) atoms. The van der Waals surface area contributed by atoms with Crippen molar-refractivity contribution in [1.29, 1.82) is 0 Å². The van der Waals surface area contributed by atoms with Crippen LogP contribution < -0.4 is 5.32 Å². The maximum absolute atomic E-state index is 5.44. The largest absolute Gasteiger partial charge is 0.382 e. The lowest BCUT2D eigenvalue weighted by Gasteiger charge is -2.23. The summed E-state index contributed by atoms with van der Waals surface area (Å²) >= 11 is 0. The minimum absolute atomic E-state index is 0.278. The summed E-state index contributed by atoms with van der Waals surface area (Å²) in [6.07, 6.45) is 1.25. The molecule has 1 aliphatic heterocycles. The van der Waals surface area contributed by atoms with Crippen LogP contribution in [-0.4, -0.2) is 26.0 Å². The van der Waals surface area contributed by atoms with Crippen molar-refractivity contribution in [2.75, 3.05) is 25.3 Å². The molecule has 3 nitrogen and oxygen atoms in total. The van der Waals surface area contributed by atoms with Crippen LogP contribution in [0, 0.1) is 6.92 Å². The third-order valence-corrected chi connectivity index (χ3v) is 2.56. The molecule has 1 unspecified atom stereocenters. The second-order valence-electron chi connectivity index (χ2n) is 3.85. The van der Waals surface area contributed by atoms with Crippen LogP contribution in [0.2, 0.25) is 0 Å². The van der Waals surface area contributed by atoms with E-state index in [9.17, 15) is 0 Å². The molecule has 0 amide bonds. The SMILES string of the molecule is Cc1ccc(NCC2CCOCO2)cc1. The number of benzene rings is 1. The number of nitrogens with one attached hydrogen (secondary N) is 1. The molecule has 0 radical (unpaired) electrons. The average Bonchev–Trinajstić information content (AvgIpc) is 2.30. The highest BCUT2D eigenvalue weighted by molar-refractivity contribution is 5.44. The molecule has 1 fully saturated rings. The van der Waals surface area contributed by atoms with Gasteiger partial charge in [-0.3, -0.25) is 0 Å². The first kappa shape index (κ1) is 10.5. The van der Waals surface area contributed by atoms with Gasteiger partial charge in [0, 0.05) is 12.2 Å². The molecule has 82 valence electrons. The first-order valence-electron chi connectivity index (χ1n) is 5.34. The van der Waals surface area contributed by atoms with E-state index in [1.165, 1.54) is 5.56 Å². The average molecular weight is 207 g/mol. The fourth-order valence-electron chi connectivity index (χ4n) is 1.57. The first-order chi connectivity index (χ1) is 7.34. The van der Waals surface area contributed by atoms with Gasteiger partial charge in [-0.25, -0.2) is 0 Å². The number of hydrogen-bond acceptors (Lipinski definition) is 3. The van der Waals surface area contributed by atoms with Crippen LogP contribution in [0.4, 0.5) is 5.69 Å². The minimum atomic E-state index is 0.278. The zero-order valence-corrected chi connectivity index (χ0v) is 9.03. The molecule has 1 aromatic rings.